The topological polar surface area (TPSA) is 237 Å². The Kier molecular flexibility index (Phi) is 65.0. The van der Waals surface area contributed by atoms with Crippen LogP contribution >= 0.6 is 15.6 Å². The van der Waals surface area contributed by atoms with Crippen LogP contribution in [0, 0.1) is 23.7 Å². The van der Waals surface area contributed by atoms with E-state index in [1.54, 1.807) is 0 Å². The number of carbonyl (C=O) groups excluding carboxylic acids is 4. The van der Waals surface area contributed by atoms with E-state index in [1.165, 1.54) is 186 Å². The van der Waals surface area contributed by atoms with Crippen molar-refractivity contribution >= 4 is 39.5 Å². The lowest BCUT2D eigenvalue weighted by atomic mass is 9.99. The minimum absolute atomic E-state index is 0.106. The Bertz CT molecular complexity index is 1890. The standard InChI is InChI=1S/C77H150O17P2/c1-9-70(8)56-48-40-32-24-18-14-10-11-15-19-25-34-43-51-59-76(81)93-72(63-87-74(79)57-49-41-33-27-21-23-30-38-46-54-68(4)5)65-91-95(83,84)89-61-71(78)62-90-96(85,86)92-66-73(64-88-75(80)58-50-42-36-28-31-39-47-55-69(6)7)94-77(82)60-52-44-35-26-20-16-12-13-17-22-29-37-45-53-67(2)3/h67-73,78H,9-66H2,1-8H3,(H,83,84)(H,85,86)/t70?,71?,72-,73-/m1/s1. The molecule has 0 heterocycles. The Balaban J connectivity index is 5.24. The SMILES string of the molecule is CCC(C)CCCCCCCCCCCCCCCCC(=O)O[C@H](COC(=O)CCCCCCCCCCCC(C)C)COP(=O)(O)OCC(O)COP(=O)(O)OC[C@@H](COC(=O)CCCCCCCCCC(C)C)OC(=O)CCCCCCCCCCCCCCCC(C)C. The van der Waals surface area contributed by atoms with Gasteiger partial charge in [0.1, 0.15) is 19.3 Å². The fraction of sp³-hybridized carbons (Fsp3) is 0.948. The van der Waals surface area contributed by atoms with E-state index >= 15 is 0 Å². The van der Waals surface area contributed by atoms with Crippen molar-refractivity contribution in [3.63, 3.8) is 0 Å². The summed E-state index contributed by atoms with van der Waals surface area (Å²) in [5.41, 5.74) is 0. The van der Waals surface area contributed by atoms with Crippen molar-refractivity contribution < 1.29 is 80.2 Å². The zero-order chi connectivity index (χ0) is 71.0. The number of aliphatic hydroxyl groups excluding tert-OH is 1. The maximum atomic E-state index is 13.1. The summed E-state index contributed by atoms with van der Waals surface area (Å²) in [7, 11) is -9.92. The quantitative estimate of drug-likeness (QED) is 0.0222. The summed E-state index contributed by atoms with van der Waals surface area (Å²) in [6, 6.07) is 0. The molecule has 0 amide bonds. The van der Waals surface area contributed by atoms with Crippen molar-refractivity contribution in [3.05, 3.63) is 0 Å². The molecule has 4 unspecified atom stereocenters. The third-order valence-electron chi connectivity index (χ3n) is 18.2. The van der Waals surface area contributed by atoms with Crippen molar-refractivity contribution in [1.82, 2.24) is 0 Å². The number of esters is 4. The van der Waals surface area contributed by atoms with Crippen molar-refractivity contribution in [3.8, 4) is 0 Å². The van der Waals surface area contributed by atoms with Gasteiger partial charge in [0.05, 0.1) is 26.4 Å². The third kappa shape index (κ3) is 69.2. The molecule has 570 valence electrons. The van der Waals surface area contributed by atoms with Crippen LogP contribution in [0.15, 0.2) is 0 Å². The molecular weight excluding hydrogens is 1260 g/mol. The van der Waals surface area contributed by atoms with Crippen molar-refractivity contribution in [2.24, 2.45) is 23.7 Å². The molecule has 96 heavy (non-hydrogen) atoms. The number of hydrogen-bond acceptors (Lipinski definition) is 15. The molecule has 0 aromatic rings. The number of carbonyl (C=O) groups is 4. The predicted molar refractivity (Wildman–Crippen MR) is 391 cm³/mol. The van der Waals surface area contributed by atoms with Crippen molar-refractivity contribution in [2.75, 3.05) is 39.6 Å². The van der Waals surface area contributed by atoms with E-state index in [0.717, 1.165) is 114 Å². The second-order valence-electron chi connectivity index (χ2n) is 29.4. The minimum atomic E-state index is -4.96. The molecule has 0 spiro atoms. The lowest BCUT2D eigenvalue weighted by Gasteiger charge is -2.21. The summed E-state index contributed by atoms with van der Waals surface area (Å²) >= 11 is 0. The van der Waals surface area contributed by atoms with Crippen LogP contribution in [0.5, 0.6) is 0 Å². The van der Waals surface area contributed by atoms with Gasteiger partial charge in [-0.1, -0.05) is 338 Å². The van der Waals surface area contributed by atoms with Crippen LogP contribution in [0.2, 0.25) is 0 Å². The monoisotopic (exact) mass is 1410 g/mol. The molecule has 3 N–H and O–H groups in total. The van der Waals surface area contributed by atoms with E-state index in [-0.39, 0.29) is 25.7 Å². The molecule has 0 saturated carbocycles. The average molecular weight is 1410 g/mol. The largest absolute Gasteiger partial charge is 0.472 e. The molecule has 0 radical (unpaired) electrons. The average Bonchev–Trinajstić information content (AvgIpc) is 1.42. The summed E-state index contributed by atoms with van der Waals surface area (Å²) in [4.78, 5) is 72.8. The number of phosphoric ester groups is 2. The van der Waals surface area contributed by atoms with Gasteiger partial charge >= 0.3 is 39.5 Å². The first-order valence-corrected chi connectivity index (χ1v) is 42.7. The van der Waals surface area contributed by atoms with Gasteiger partial charge in [-0.15, -0.1) is 0 Å². The lowest BCUT2D eigenvalue weighted by Crippen LogP contribution is -2.30. The highest BCUT2D eigenvalue weighted by Gasteiger charge is 2.30. The Labute approximate surface area is 588 Å². The maximum Gasteiger partial charge on any atom is 0.472 e. The molecule has 0 bridgehead atoms. The molecule has 0 aromatic carbocycles. The van der Waals surface area contributed by atoms with Gasteiger partial charge in [0.2, 0.25) is 0 Å². The van der Waals surface area contributed by atoms with Gasteiger partial charge in [-0.25, -0.2) is 9.13 Å². The zero-order valence-electron chi connectivity index (χ0n) is 63.0. The summed E-state index contributed by atoms with van der Waals surface area (Å²) in [5, 5.41) is 10.6. The highest BCUT2D eigenvalue weighted by molar-refractivity contribution is 7.47. The van der Waals surface area contributed by atoms with Crippen LogP contribution in [0.4, 0.5) is 0 Å². The molecule has 6 atom stereocenters. The van der Waals surface area contributed by atoms with Gasteiger partial charge in [0.15, 0.2) is 12.2 Å². The summed E-state index contributed by atoms with van der Waals surface area (Å²) in [5.74, 6) is 0.961. The smallest absolute Gasteiger partial charge is 0.462 e. The number of phosphoric acid groups is 2. The summed E-state index contributed by atoms with van der Waals surface area (Å²) in [6.07, 6.45) is 51.3. The molecule has 0 aliphatic carbocycles. The predicted octanol–water partition coefficient (Wildman–Crippen LogP) is 22.4. The van der Waals surface area contributed by atoms with E-state index in [2.05, 4.69) is 55.4 Å². The van der Waals surface area contributed by atoms with Gasteiger partial charge in [-0.3, -0.25) is 37.3 Å². The van der Waals surface area contributed by atoms with Gasteiger partial charge in [-0.2, -0.15) is 0 Å². The van der Waals surface area contributed by atoms with Crippen molar-refractivity contribution in [1.29, 1.82) is 0 Å². The highest BCUT2D eigenvalue weighted by atomic mass is 31.2. The number of ether oxygens (including phenoxy) is 4. The van der Waals surface area contributed by atoms with Crippen molar-refractivity contribution in [2.45, 2.75) is 408 Å². The fourth-order valence-corrected chi connectivity index (χ4v) is 13.3. The number of aliphatic hydroxyl groups is 1. The Morgan fingerprint density at radius 1 is 0.292 bits per heavy atom. The lowest BCUT2D eigenvalue weighted by molar-refractivity contribution is -0.161. The Morgan fingerprint density at radius 2 is 0.500 bits per heavy atom. The molecule has 19 heteroatoms. The molecular formula is C77H150O17P2. The molecule has 0 aromatic heterocycles. The van der Waals surface area contributed by atoms with Gasteiger partial charge < -0.3 is 33.8 Å². The van der Waals surface area contributed by atoms with Gasteiger partial charge in [0.25, 0.3) is 0 Å². The molecule has 0 aliphatic rings. The second kappa shape index (κ2) is 66.3. The highest BCUT2D eigenvalue weighted by Crippen LogP contribution is 2.45. The summed E-state index contributed by atoms with van der Waals surface area (Å²) < 4.78 is 68.6. The van der Waals surface area contributed by atoms with Crippen LogP contribution < -0.4 is 0 Å². The van der Waals surface area contributed by atoms with Crippen LogP contribution in [0.1, 0.15) is 389 Å². The number of hydrogen-bond donors (Lipinski definition) is 3. The Hall–Kier alpha value is -1.94. The normalized spacial score (nSPS) is 14.4. The molecule has 0 aliphatic heterocycles. The maximum absolute atomic E-state index is 13.1. The fourth-order valence-electron chi connectivity index (χ4n) is 11.7. The number of rotatable bonds is 74. The first-order chi connectivity index (χ1) is 46.1. The third-order valence-corrected chi connectivity index (χ3v) is 20.1. The molecule has 17 nitrogen and oxygen atoms in total. The van der Waals surface area contributed by atoms with Crippen LogP contribution in [-0.4, -0.2) is 96.7 Å². The van der Waals surface area contributed by atoms with Crippen LogP contribution in [0.25, 0.3) is 0 Å². The number of unbranched alkanes of at least 4 members (excludes halogenated alkanes) is 39. The minimum Gasteiger partial charge on any atom is -0.462 e. The molecule has 0 fully saturated rings. The van der Waals surface area contributed by atoms with E-state index in [9.17, 15) is 43.2 Å². The van der Waals surface area contributed by atoms with E-state index in [4.69, 9.17) is 37.0 Å². The molecule has 0 rings (SSSR count). The van der Waals surface area contributed by atoms with E-state index < -0.39 is 97.5 Å². The van der Waals surface area contributed by atoms with E-state index in [0.29, 0.717) is 31.6 Å². The first kappa shape index (κ1) is 94.1. The first-order valence-electron chi connectivity index (χ1n) is 39.7. The Morgan fingerprint density at radius 3 is 0.740 bits per heavy atom. The van der Waals surface area contributed by atoms with Crippen LogP contribution in [-0.2, 0) is 65.4 Å². The second-order valence-corrected chi connectivity index (χ2v) is 32.3. The summed E-state index contributed by atoms with van der Waals surface area (Å²) in [6.45, 7) is 14.2. The van der Waals surface area contributed by atoms with Crippen LogP contribution in [0.3, 0.4) is 0 Å². The van der Waals surface area contributed by atoms with Gasteiger partial charge in [-0.05, 0) is 49.4 Å². The zero-order valence-corrected chi connectivity index (χ0v) is 64.8. The van der Waals surface area contributed by atoms with Gasteiger partial charge in [0, 0.05) is 25.7 Å². The molecule has 0 saturated heterocycles. The van der Waals surface area contributed by atoms with E-state index in [1.807, 2.05) is 0 Å².